The van der Waals surface area contributed by atoms with Crippen molar-refractivity contribution in [2.24, 2.45) is 5.92 Å². The van der Waals surface area contributed by atoms with Gasteiger partial charge in [-0.15, -0.1) is 0 Å². The second kappa shape index (κ2) is 9.84. The summed E-state index contributed by atoms with van der Waals surface area (Å²) in [5, 5.41) is 3.48. The highest BCUT2D eigenvalue weighted by Crippen LogP contribution is 2.49. The number of nitrogens with zero attached hydrogens (tertiary/aromatic N) is 2. The van der Waals surface area contributed by atoms with E-state index in [9.17, 15) is 9.59 Å². The summed E-state index contributed by atoms with van der Waals surface area (Å²) in [4.78, 5) is 35.5. The van der Waals surface area contributed by atoms with Crippen LogP contribution in [0.1, 0.15) is 24.9 Å². The molecular weight excluding hydrogens is 480 g/mol. The van der Waals surface area contributed by atoms with Crippen LogP contribution in [-0.4, -0.2) is 31.6 Å². The summed E-state index contributed by atoms with van der Waals surface area (Å²) in [5.41, 5.74) is 2.12. The summed E-state index contributed by atoms with van der Waals surface area (Å²) < 4.78 is 11.5. The Morgan fingerprint density at radius 2 is 1.61 bits per heavy atom. The maximum Gasteiger partial charge on any atom is 0.266 e. The molecule has 38 heavy (non-hydrogen) atoms. The number of rotatable bonds is 7. The first-order valence-electron chi connectivity index (χ1n) is 12.8. The fourth-order valence-corrected chi connectivity index (χ4v) is 5.39. The van der Waals surface area contributed by atoms with Gasteiger partial charge in [0.15, 0.2) is 17.6 Å². The van der Waals surface area contributed by atoms with Gasteiger partial charge in [-0.2, -0.15) is 0 Å². The zero-order chi connectivity index (χ0) is 26.2. The Balaban J connectivity index is 1.44. The topological polar surface area (TPSA) is 68.3 Å². The minimum Gasteiger partial charge on any atom is -0.493 e. The lowest BCUT2D eigenvalue weighted by atomic mass is 9.90. The second-order valence-corrected chi connectivity index (χ2v) is 9.43. The lowest BCUT2D eigenvalue weighted by molar-refractivity contribution is -0.126. The molecule has 2 aliphatic heterocycles. The van der Waals surface area contributed by atoms with Crippen LogP contribution < -0.4 is 19.4 Å². The first-order valence-corrected chi connectivity index (χ1v) is 12.8. The molecule has 4 aromatic carbocycles. The number of carbonyl (C=O) groups is 2. The number of fused-ring (bicyclic) bond motifs is 2. The first kappa shape index (κ1) is 24.0. The normalized spacial score (nSPS) is 20.7. The van der Waals surface area contributed by atoms with Gasteiger partial charge in [-0.1, -0.05) is 67.6 Å². The number of anilines is 2. The van der Waals surface area contributed by atoms with E-state index in [1.807, 2.05) is 97.9 Å². The molecule has 0 saturated carbocycles. The Morgan fingerprint density at radius 3 is 2.39 bits per heavy atom. The summed E-state index contributed by atoms with van der Waals surface area (Å²) in [6.45, 7) is 2.61. The lowest BCUT2D eigenvalue weighted by Crippen LogP contribution is -2.37. The third-order valence-corrected chi connectivity index (χ3v) is 7.12. The van der Waals surface area contributed by atoms with Crippen molar-refractivity contribution in [2.45, 2.75) is 25.5 Å². The van der Waals surface area contributed by atoms with Crippen LogP contribution in [-0.2, 0) is 14.4 Å². The average molecular weight is 509 g/mol. The molecule has 3 atom stereocenters. The molecule has 2 fully saturated rings. The average Bonchev–Trinajstić information content (AvgIpc) is 3.47. The first-order chi connectivity index (χ1) is 18.6. The third kappa shape index (κ3) is 3.87. The summed E-state index contributed by atoms with van der Waals surface area (Å²) in [7, 11) is 1.59. The minimum atomic E-state index is -0.950. The summed E-state index contributed by atoms with van der Waals surface area (Å²) in [6.07, 6.45) is -0.0817. The van der Waals surface area contributed by atoms with E-state index in [0.29, 0.717) is 23.8 Å². The van der Waals surface area contributed by atoms with Crippen LogP contribution in [0.2, 0.25) is 0 Å². The standard InChI is InChI=1S/C31H28N2O5/c1-3-18-37-25-17-16-21(19-26(25)36-2)28-27-29(38-33(28)22-12-5-4-6-13-22)31(35)32(30(27)34)24-15-9-11-20-10-7-8-14-23(20)24/h4-17,19,27-29H,3,18H2,1-2H3. The zero-order valence-electron chi connectivity index (χ0n) is 21.2. The molecule has 0 bridgehead atoms. The molecule has 192 valence electrons. The molecule has 2 heterocycles. The molecule has 4 aromatic rings. The number of hydroxylamine groups is 1. The predicted octanol–water partition coefficient (Wildman–Crippen LogP) is 5.69. The largest absolute Gasteiger partial charge is 0.493 e. The van der Waals surface area contributed by atoms with Crippen molar-refractivity contribution < 1.29 is 23.9 Å². The molecular formula is C31H28N2O5. The zero-order valence-corrected chi connectivity index (χ0v) is 21.2. The molecule has 0 spiro atoms. The van der Waals surface area contributed by atoms with Crippen LogP contribution >= 0.6 is 0 Å². The van der Waals surface area contributed by atoms with E-state index < -0.39 is 18.1 Å². The van der Waals surface area contributed by atoms with E-state index in [4.69, 9.17) is 14.3 Å². The Kier molecular flexibility index (Phi) is 6.21. The number of hydrogen-bond donors (Lipinski definition) is 0. The molecule has 0 N–H and O–H groups in total. The van der Waals surface area contributed by atoms with Gasteiger partial charge in [-0.05, 0) is 47.7 Å². The van der Waals surface area contributed by atoms with Crippen molar-refractivity contribution in [3.63, 3.8) is 0 Å². The van der Waals surface area contributed by atoms with Gasteiger partial charge in [0, 0.05) is 5.39 Å². The highest BCUT2D eigenvalue weighted by molar-refractivity contribution is 6.26. The van der Waals surface area contributed by atoms with Gasteiger partial charge in [0.05, 0.1) is 31.1 Å². The van der Waals surface area contributed by atoms with E-state index >= 15 is 0 Å². The second-order valence-electron chi connectivity index (χ2n) is 9.43. The number of ether oxygens (including phenoxy) is 2. The number of methoxy groups -OCH3 is 1. The Bertz CT molecular complexity index is 1500. The number of benzene rings is 4. The van der Waals surface area contributed by atoms with E-state index in [2.05, 4.69) is 0 Å². The van der Waals surface area contributed by atoms with E-state index in [1.54, 1.807) is 12.2 Å². The Labute approximate surface area is 221 Å². The maximum atomic E-state index is 14.1. The molecule has 2 aliphatic rings. The van der Waals surface area contributed by atoms with Crippen molar-refractivity contribution in [3.05, 3.63) is 96.6 Å². The van der Waals surface area contributed by atoms with Crippen LogP contribution in [0.5, 0.6) is 11.5 Å². The fourth-order valence-electron chi connectivity index (χ4n) is 5.39. The maximum absolute atomic E-state index is 14.1. The highest BCUT2D eigenvalue weighted by Gasteiger charge is 2.60. The van der Waals surface area contributed by atoms with Crippen LogP contribution in [0.15, 0.2) is 91.0 Å². The van der Waals surface area contributed by atoms with Crippen molar-refractivity contribution in [2.75, 3.05) is 23.7 Å². The van der Waals surface area contributed by atoms with Gasteiger partial charge < -0.3 is 9.47 Å². The molecule has 0 radical (unpaired) electrons. The molecule has 2 saturated heterocycles. The number of carbonyl (C=O) groups excluding carboxylic acids is 2. The number of para-hydroxylation sites is 1. The third-order valence-electron chi connectivity index (χ3n) is 7.12. The van der Waals surface area contributed by atoms with Crippen molar-refractivity contribution in [1.29, 1.82) is 0 Å². The van der Waals surface area contributed by atoms with Gasteiger partial charge in [-0.25, -0.2) is 9.96 Å². The van der Waals surface area contributed by atoms with Gasteiger partial charge in [0.2, 0.25) is 5.91 Å². The molecule has 3 unspecified atom stereocenters. The van der Waals surface area contributed by atoms with Crippen molar-refractivity contribution in [3.8, 4) is 11.5 Å². The van der Waals surface area contributed by atoms with Crippen LogP contribution in [0, 0.1) is 5.92 Å². The molecule has 7 heteroatoms. The molecule has 6 rings (SSSR count). The SMILES string of the molecule is CCCOc1ccc(C2C3C(=O)N(c4cccc5ccccc45)C(=O)C3ON2c2ccccc2)cc1OC. The predicted molar refractivity (Wildman–Crippen MR) is 145 cm³/mol. The molecule has 7 nitrogen and oxygen atoms in total. The Morgan fingerprint density at radius 1 is 0.842 bits per heavy atom. The van der Waals surface area contributed by atoms with Crippen molar-refractivity contribution in [1.82, 2.24) is 0 Å². The Hall–Kier alpha value is -4.36. The number of hydrogen-bond acceptors (Lipinski definition) is 6. The van der Waals surface area contributed by atoms with Crippen LogP contribution in [0.25, 0.3) is 10.8 Å². The fraction of sp³-hybridized carbons (Fsp3) is 0.226. The van der Waals surface area contributed by atoms with Crippen LogP contribution in [0.3, 0.4) is 0 Å². The quantitative estimate of drug-likeness (QED) is 0.299. The van der Waals surface area contributed by atoms with Crippen LogP contribution in [0.4, 0.5) is 11.4 Å². The lowest BCUT2D eigenvalue weighted by Gasteiger charge is -2.29. The molecule has 2 amide bonds. The molecule has 0 aliphatic carbocycles. The summed E-state index contributed by atoms with van der Waals surface area (Å²) in [5.74, 6) is -0.199. The highest BCUT2D eigenvalue weighted by atomic mass is 16.7. The van der Waals surface area contributed by atoms with E-state index in [-0.39, 0.29) is 11.8 Å². The van der Waals surface area contributed by atoms with Gasteiger partial charge >= 0.3 is 0 Å². The number of amides is 2. The molecule has 0 aromatic heterocycles. The van der Waals surface area contributed by atoms with E-state index in [0.717, 1.165) is 28.4 Å². The minimum absolute atomic E-state index is 0.287. The summed E-state index contributed by atoms with van der Waals surface area (Å²) >= 11 is 0. The summed E-state index contributed by atoms with van der Waals surface area (Å²) in [6, 6.07) is 28.0. The van der Waals surface area contributed by atoms with Gasteiger partial charge in [0.25, 0.3) is 5.91 Å². The van der Waals surface area contributed by atoms with E-state index in [1.165, 1.54) is 4.90 Å². The van der Waals surface area contributed by atoms with Crippen molar-refractivity contribution >= 4 is 34.0 Å². The van der Waals surface area contributed by atoms with Gasteiger partial charge in [0.1, 0.15) is 5.92 Å². The van der Waals surface area contributed by atoms with Gasteiger partial charge in [-0.3, -0.25) is 14.4 Å². The number of imide groups is 1. The monoisotopic (exact) mass is 508 g/mol. The smallest absolute Gasteiger partial charge is 0.266 e.